The van der Waals surface area contributed by atoms with Crippen LogP contribution in [-0.4, -0.2) is 18.1 Å². The predicted octanol–water partition coefficient (Wildman–Crippen LogP) is 5.01. The second-order valence-corrected chi connectivity index (χ2v) is 6.47. The van der Waals surface area contributed by atoms with Crippen LogP contribution in [0.15, 0.2) is 67.0 Å². The van der Waals surface area contributed by atoms with Crippen molar-refractivity contribution >= 4 is 11.7 Å². The largest absolute Gasteiger partial charge is 0.495 e. The van der Waals surface area contributed by atoms with Crippen molar-refractivity contribution in [1.82, 2.24) is 10.3 Å². The molecule has 0 saturated heterocycles. The Labute approximate surface area is 177 Å². The van der Waals surface area contributed by atoms with Gasteiger partial charge in [-0.2, -0.15) is 13.2 Å². The van der Waals surface area contributed by atoms with Gasteiger partial charge in [-0.1, -0.05) is 18.2 Å². The van der Waals surface area contributed by atoms with E-state index in [1.807, 2.05) is 12.1 Å². The maximum Gasteiger partial charge on any atom is 0.416 e. The van der Waals surface area contributed by atoms with Gasteiger partial charge in [-0.05, 0) is 42.0 Å². The van der Waals surface area contributed by atoms with Gasteiger partial charge in [0, 0.05) is 24.5 Å². The average Bonchev–Trinajstić information content (AvgIpc) is 2.77. The highest BCUT2D eigenvalue weighted by molar-refractivity contribution is 5.91. The first-order valence-electron chi connectivity index (χ1n) is 9.26. The zero-order valence-electron chi connectivity index (χ0n) is 16.6. The molecule has 0 saturated carbocycles. The lowest BCUT2D eigenvalue weighted by Crippen LogP contribution is -2.28. The zero-order valence-corrected chi connectivity index (χ0v) is 16.6. The molecule has 0 bridgehead atoms. The van der Waals surface area contributed by atoms with Crippen LogP contribution in [0.25, 0.3) is 0 Å². The van der Waals surface area contributed by atoms with Crippen LogP contribution in [0.1, 0.15) is 16.7 Å². The average molecular weight is 431 g/mol. The van der Waals surface area contributed by atoms with E-state index in [9.17, 15) is 18.0 Å². The Hall–Kier alpha value is -3.75. The summed E-state index contributed by atoms with van der Waals surface area (Å²) in [5.41, 5.74) is 0.672. The number of pyridine rings is 1. The molecule has 9 heteroatoms. The monoisotopic (exact) mass is 431 g/mol. The van der Waals surface area contributed by atoms with Crippen molar-refractivity contribution in [2.24, 2.45) is 0 Å². The van der Waals surface area contributed by atoms with Crippen LogP contribution in [0.5, 0.6) is 11.5 Å². The van der Waals surface area contributed by atoms with Crippen LogP contribution in [-0.2, 0) is 19.3 Å². The number of alkyl halides is 3. The third-order valence-corrected chi connectivity index (χ3v) is 4.33. The van der Waals surface area contributed by atoms with E-state index in [0.717, 1.165) is 23.8 Å². The van der Waals surface area contributed by atoms with Crippen molar-refractivity contribution in [3.63, 3.8) is 0 Å². The standard InChI is InChI=1S/C22H20F3N3O3/c1-30-20-7-6-17(22(23,24)25)12-18(20)28-21(29)27-13-16-4-2-3-5-19(16)31-14-15-8-10-26-11-9-15/h2-12H,13-14H2,1H3,(H2,27,28,29). The van der Waals surface area contributed by atoms with Crippen LogP contribution in [0.3, 0.4) is 0 Å². The number of para-hydroxylation sites is 1. The number of hydrogen-bond acceptors (Lipinski definition) is 4. The summed E-state index contributed by atoms with van der Waals surface area (Å²) in [5, 5.41) is 5.02. The van der Waals surface area contributed by atoms with E-state index >= 15 is 0 Å². The number of nitrogens with one attached hydrogen (secondary N) is 2. The van der Waals surface area contributed by atoms with E-state index in [4.69, 9.17) is 9.47 Å². The first-order chi connectivity index (χ1) is 14.9. The van der Waals surface area contributed by atoms with Crippen LogP contribution >= 0.6 is 0 Å². The van der Waals surface area contributed by atoms with E-state index < -0.39 is 17.8 Å². The minimum Gasteiger partial charge on any atom is -0.495 e. The molecule has 0 aliphatic carbocycles. The molecule has 3 rings (SSSR count). The Morgan fingerprint density at radius 3 is 2.48 bits per heavy atom. The molecule has 2 N–H and O–H groups in total. The number of halogens is 3. The number of hydrogen-bond donors (Lipinski definition) is 2. The first kappa shape index (κ1) is 21.9. The smallest absolute Gasteiger partial charge is 0.416 e. The third-order valence-electron chi connectivity index (χ3n) is 4.33. The van der Waals surface area contributed by atoms with Crippen LogP contribution < -0.4 is 20.1 Å². The van der Waals surface area contributed by atoms with E-state index in [1.54, 1.807) is 36.7 Å². The minimum absolute atomic E-state index is 0.0861. The molecule has 0 spiro atoms. The molecule has 1 heterocycles. The van der Waals surface area contributed by atoms with Gasteiger partial charge in [0.15, 0.2) is 0 Å². The highest BCUT2D eigenvalue weighted by Crippen LogP contribution is 2.34. The fraction of sp³-hybridized carbons (Fsp3) is 0.182. The van der Waals surface area contributed by atoms with Gasteiger partial charge in [0.2, 0.25) is 0 Å². The summed E-state index contributed by atoms with van der Waals surface area (Å²) in [4.78, 5) is 16.2. The van der Waals surface area contributed by atoms with Crippen molar-refractivity contribution in [2.75, 3.05) is 12.4 Å². The Morgan fingerprint density at radius 1 is 1.03 bits per heavy atom. The summed E-state index contributed by atoms with van der Waals surface area (Å²) in [6.07, 6.45) is -1.21. The number of benzene rings is 2. The lowest BCUT2D eigenvalue weighted by Gasteiger charge is -2.15. The quantitative estimate of drug-likeness (QED) is 0.552. The van der Waals surface area contributed by atoms with Gasteiger partial charge in [-0.3, -0.25) is 4.98 Å². The second-order valence-electron chi connectivity index (χ2n) is 6.47. The summed E-state index contributed by atoms with van der Waals surface area (Å²) in [6, 6.07) is 13.0. The van der Waals surface area contributed by atoms with Gasteiger partial charge in [0.05, 0.1) is 18.4 Å². The van der Waals surface area contributed by atoms with Gasteiger partial charge < -0.3 is 20.1 Å². The Kier molecular flexibility index (Phi) is 6.96. The summed E-state index contributed by atoms with van der Waals surface area (Å²) in [5.74, 6) is 0.695. The first-order valence-corrected chi connectivity index (χ1v) is 9.26. The Morgan fingerprint density at radius 2 is 1.77 bits per heavy atom. The van der Waals surface area contributed by atoms with Gasteiger partial charge in [-0.15, -0.1) is 0 Å². The fourth-order valence-corrected chi connectivity index (χ4v) is 2.75. The van der Waals surface area contributed by atoms with E-state index in [1.165, 1.54) is 7.11 Å². The molecule has 0 unspecified atom stereocenters. The summed E-state index contributed by atoms with van der Waals surface area (Å²) >= 11 is 0. The molecule has 0 atom stereocenters. The van der Waals surface area contributed by atoms with E-state index in [-0.39, 0.29) is 18.0 Å². The topological polar surface area (TPSA) is 72.5 Å². The summed E-state index contributed by atoms with van der Waals surface area (Å²) < 4.78 is 49.7. The zero-order chi connectivity index (χ0) is 22.3. The molecular weight excluding hydrogens is 411 g/mol. The lowest BCUT2D eigenvalue weighted by atomic mass is 10.1. The number of anilines is 1. The fourth-order valence-electron chi connectivity index (χ4n) is 2.75. The molecule has 0 radical (unpaired) electrons. The second kappa shape index (κ2) is 9.84. The predicted molar refractivity (Wildman–Crippen MR) is 109 cm³/mol. The number of amides is 2. The van der Waals surface area contributed by atoms with E-state index in [2.05, 4.69) is 15.6 Å². The van der Waals surface area contributed by atoms with Crippen molar-refractivity contribution in [3.05, 3.63) is 83.7 Å². The summed E-state index contributed by atoms with van der Waals surface area (Å²) in [7, 11) is 1.31. The van der Waals surface area contributed by atoms with Crippen molar-refractivity contribution in [2.45, 2.75) is 19.3 Å². The number of ether oxygens (including phenoxy) is 2. The van der Waals surface area contributed by atoms with Crippen LogP contribution in [0, 0.1) is 0 Å². The molecule has 0 aliphatic heterocycles. The molecule has 0 aliphatic rings. The molecule has 3 aromatic rings. The van der Waals surface area contributed by atoms with E-state index in [0.29, 0.717) is 17.9 Å². The molecular formula is C22H20F3N3O3. The van der Waals surface area contributed by atoms with Gasteiger partial charge in [-0.25, -0.2) is 4.79 Å². The van der Waals surface area contributed by atoms with Gasteiger partial charge in [0.25, 0.3) is 0 Å². The van der Waals surface area contributed by atoms with Crippen molar-refractivity contribution in [3.8, 4) is 11.5 Å². The lowest BCUT2D eigenvalue weighted by molar-refractivity contribution is -0.137. The highest BCUT2D eigenvalue weighted by atomic mass is 19.4. The van der Waals surface area contributed by atoms with Crippen molar-refractivity contribution in [1.29, 1.82) is 0 Å². The number of aromatic nitrogens is 1. The number of methoxy groups -OCH3 is 1. The van der Waals surface area contributed by atoms with Crippen LogP contribution in [0.4, 0.5) is 23.7 Å². The SMILES string of the molecule is COc1ccc(C(F)(F)F)cc1NC(=O)NCc1ccccc1OCc1ccncc1. The molecule has 2 amide bonds. The van der Waals surface area contributed by atoms with Gasteiger partial charge in [0.1, 0.15) is 18.1 Å². The molecule has 162 valence electrons. The number of nitrogens with zero attached hydrogens (tertiary/aromatic N) is 1. The minimum atomic E-state index is -4.54. The molecule has 6 nitrogen and oxygen atoms in total. The Balaban J connectivity index is 1.64. The molecule has 31 heavy (non-hydrogen) atoms. The summed E-state index contributed by atoms with van der Waals surface area (Å²) in [6.45, 7) is 0.437. The number of carbonyl (C=O) groups is 1. The number of urea groups is 1. The molecule has 1 aromatic heterocycles. The normalized spacial score (nSPS) is 11.0. The molecule has 2 aromatic carbocycles. The maximum atomic E-state index is 13.0. The van der Waals surface area contributed by atoms with Crippen molar-refractivity contribution < 1.29 is 27.4 Å². The number of rotatable bonds is 7. The number of carbonyl (C=O) groups excluding carboxylic acids is 1. The molecule has 0 fully saturated rings. The highest BCUT2D eigenvalue weighted by Gasteiger charge is 2.31. The van der Waals surface area contributed by atoms with Crippen LogP contribution in [0.2, 0.25) is 0 Å². The Bertz CT molecular complexity index is 1030. The van der Waals surface area contributed by atoms with Gasteiger partial charge >= 0.3 is 12.2 Å². The maximum absolute atomic E-state index is 13.0. The third kappa shape index (κ3) is 6.11.